The van der Waals surface area contributed by atoms with Gasteiger partial charge in [0.05, 0.1) is 22.9 Å². The van der Waals surface area contributed by atoms with Crippen LogP contribution in [0.25, 0.3) is 0 Å². The first-order valence-corrected chi connectivity index (χ1v) is 7.08. The molecule has 1 unspecified atom stereocenters. The highest BCUT2D eigenvalue weighted by Crippen LogP contribution is 2.44. The first kappa shape index (κ1) is 15.7. The minimum atomic E-state index is -0.477. The Bertz CT molecular complexity index is 561. The van der Waals surface area contributed by atoms with Crippen molar-refractivity contribution in [3.05, 3.63) is 24.0 Å². The fraction of sp³-hybridized carbons (Fsp3) is 0.667. The predicted molar refractivity (Wildman–Crippen MR) is 78.1 cm³/mol. The van der Waals surface area contributed by atoms with Crippen molar-refractivity contribution in [2.24, 2.45) is 0 Å². The molecule has 0 aromatic carbocycles. The van der Waals surface area contributed by atoms with Gasteiger partial charge in [-0.3, -0.25) is 0 Å². The number of esters is 1. The molecule has 1 aromatic heterocycles. The van der Waals surface area contributed by atoms with Crippen molar-refractivity contribution in [1.29, 1.82) is 0 Å². The van der Waals surface area contributed by atoms with Crippen molar-refractivity contribution in [1.82, 2.24) is 15.0 Å². The van der Waals surface area contributed by atoms with Gasteiger partial charge in [-0.2, -0.15) is 0 Å². The number of hydrogen-bond acceptors (Lipinski definition) is 5. The van der Waals surface area contributed by atoms with Gasteiger partial charge in [0.1, 0.15) is 6.61 Å². The minimum absolute atomic E-state index is 0.0287. The largest absolute Gasteiger partial charge is 0.457 e. The van der Waals surface area contributed by atoms with Crippen LogP contribution in [0.3, 0.4) is 0 Å². The van der Waals surface area contributed by atoms with Gasteiger partial charge in [0.15, 0.2) is 5.69 Å². The molecule has 1 saturated heterocycles. The maximum Gasteiger partial charge on any atom is 0.361 e. The normalized spacial score (nSPS) is 23.0. The summed E-state index contributed by atoms with van der Waals surface area (Å²) in [6, 6.07) is 0.0287. The molecule has 0 saturated carbocycles. The van der Waals surface area contributed by atoms with Crippen LogP contribution in [0.2, 0.25) is 0 Å². The van der Waals surface area contributed by atoms with Gasteiger partial charge in [0.25, 0.3) is 0 Å². The lowest BCUT2D eigenvalue weighted by atomic mass is 9.94. The fourth-order valence-corrected chi connectivity index (χ4v) is 2.94. The van der Waals surface area contributed by atoms with Crippen LogP contribution < -0.4 is 0 Å². The molecule has 0 radical (unpaired) electrons. The number of hydrogen-bond donors (Lipinski definition) is 0. The van der Waals surface area contributed by atoms with E-state index in [-0.39, 0.29) is 29.5 Å². The molecular weight excluding hydrogens is 270 g/mol. The van der Waals surface area contributed by atoms with Crippen LogP contribution in [-0.2, 0) is 9.47 Å². The molecule has 6 heteroatoms. The van der Waals surface area contributed by atoms with E-state index in [0.29, 0.717) is 5.69 Å². The number of rotatable bonds is 4. The molecule has 1 atom stereocenters. The van der Waals surface area contributed by atoms with Crippen molar-refractivity contribution in [3.8, 4) is 0 Å². The average Bonchev–Trinajstić information content (AvgIpc) is 2.83. The lowest BCUT2D eigenvalue weighted by Gasteiger charge is -2.27. The highest BCUT2D eigenvalue weighted by molar-refractivity contribution is 5.88. The number of nitrogens with zero attached hydrogens (tertiary/aromatic N) is 3. The monoisotopic (exact) mass is 293 g/mol. The molecule has 0 spiro atoms. The van der Waals surface area contributed by atoms with Gasteiger partial charge in [0, 0.05) is 6.42 Å². The second-order valence-electron chi connectivity index (χ2n) is 6.54. The Morgan fingerprint density at radius 3 is 2.71 bits per heavy atom. The van der Waals surface area contributed by atoms with E-state index >= 15 is 0 Å². The third kappa shape index (κ3) is 3.00. The van der Waals surface area contributed by atoms with E-state index in [0.717, 1.165) is 6.42 Å². The number of ether oxygens (including phenoxy) is 2. The topological polar surface area (TPSA) is 66.2 Å². The van der Waals surface area contributed by atoms with E-state index in [4.69, 9.17) is 9.47 Å². The van der Waals surface area contributed by atoms with E-state index < -0.39 is 5.97 Å². The first-order chi connectivity index (χ1) is 9.68. The molecule has 0 N–H and O–H groups in total. The Labute approximate surface area is 125 Å². The van der Waals surface area contributed by atoms with Crippen LogP contribution in [0.4, 0.5) is 0 Å². The van der Waals surface area contributed by atoms with Crippen molar-refractivity contribution >= 4 is 5.97 Å². The molecule has 1 fully saturated rings. The summed E-state index contributed by atoms with van der Waals surface area (Å²) in [7, 11) is 0. The van der Waals surface area contributed by atoms with Crippen molar-refractivity contribution in [2.75, 3.05) is 6.61 Å². The summed E-state index contributed by atoms with van der Waals surface area (Å²) in [5.41, 5.74) is 0.348. The Kier molecular flexibility index (Phi) is 3.93. The number of carbonyl (C=O) groups is 1. The average molecular weight is 293 g/mol. The maximum atomic E-state index is 11.9. The van der Waals surface area contributed by atoms with Crippen molar-refractivity contribution in [2.45, 2.75) is 58.3 Å². The SMILES string of the molecule is C=CCOC(=O)c1nnn(C2CC(C)(C)OC2(C)C)c1C. The predicted octanol–water partition coefficient (Wildman–Crippen LogP) is 2.45. The molecule has 6 nitrogen and oxygen atoms in total. The van der Waals surface area contributed by atoms with Gasteiger partial charge >= 0.3 is 5.97 Å². The van der Waals surface area contributed by atoms with Crippen LogP contribution in [0.5, 0.6) is 0 Å². The molecule has 1 aromatic rings. The summed E-state index contributed by atoms with van der Waals surface area (Å²) in [4.78, 5) is 11.9. The van der Waals surface area contributed by atoms with E-state index in [1.165, 1.54) is 6.08 Å². The molecule has 116 valence electrons. The van der Waals surface area contributed by atoms with Gasteiger partial charge in [-0.05, 0) is 34.6 Å². The van der Waals surface area contributed by atoms with E-state index in [1.54, 1.807) is 4.68 Å². The highest BCUT2D eigenvalue weighted by Gasteiger charge is 2.48. The Balaban J connectivity index is 2.28. The minimum Gasteiger partial charge on any atom is -0.457 e. The van der Waals surface area contributed by atoms with Gasteiger partial charge in [0.2, 0.25) is 0 Å². The lowest BCUT2D eigenvalue weighted by molar-refractivity contribution is -0.0740. The quantitative estimate of drug-likeness (QED) is 0.630. The third-order valence-electron chi connectivity index (χ3n) is 3.78. The number of aromatic nitrogens is 3. The Morgan fingerprint density at radius 2 is 2.19 bits per heavy atom. The molecule has 1 aliphatic heterocycles. The Morgan fingerprint density at radius 1 is 1.52 bits per heavy atom. The second kappa shape index (κ2) is 5.26. The summed E-state index contributed by atoms with van der Waals surface area (Å²) in [5, 5.41) is 8.12. The lowest BCUT2D eigenvalue weighted by Crippen LogP contribution is -2.32. The molecule has 2 heterocycles. The van der Waals surface area contributed by atoms with Crippen LogP contribution in [0, 0.1) is 6.92 Å². The van der Waals surface area contributed by atoms with Crippen LogP contribution in [-0.4, -0.2) is 38.8 Å². The maximum absolute atomic E-state index is 11.9. The molecule has 1 aliphatic rings. The zero-order valence-corrected chi connectivity index (χ0v) is 13.3. The zero-order valence-electron chi connectivity index (χ0n) is 13.3. The third-order valence-corrected chi connectivity index (χ3v) is 3.78. The summed E-state index contributed by atoms with van der Waals surface area (Å²) >= 11 is 0. The smallest absolute Gasteiger partial charge is 0.361 e. The number of carbonyl (C=O) groups excluding carboxylic acids is 1. The van der Waals surface area contributed by atoms with Crippen molar-refractivity contribution in [3.63, 3.8) is 0 Å². The van der Waals surface area contributed by atoms with Gasteiger partial charge < -0.3 is 9.47 Å². The molecule has 0 amide bonds. The van der Waals surface area contributed by atoms with Gasteiger partial charge in [-0.1, -0.05) is 17.9 Å². The molecule has 0 aliphatic carbocycles. The van der Waals surface area contributed by atoms with Crippen LogP contribution in [0.1, 0.15) is 56.3 Å². The first-order valence-electron chi connectivity index (χ1n) is 7.08. The summed E-state index contributed by atoms with van der Waals surface area (Å²) in [5.74, 6) is -0.477. The van der Waals surface area contributed by atoms with Crippen LogP contribution >= 0.6 is 0 Å². The fourth-order valence-electron chi connectivity index (χ4n) is 2.94. The summed E-state index contributed by atoms with van der Waals surface area (Å²) in [6.07, 6.45) is 2.33. The van der Waals surface area contributed by atoms with Crippen molar-refractivity contribution < 1.29 is 14.3 Å². The van der Waals surface area contributed by atoms with Gasteiger partial charge in [-0.25, -0.2) is 9.48 Å². The molecule has 0 bridgehead atoms. The van der Waals surface area contributed by atoms with Crippen LogP contribution in [0.15, 0.2) is 12.7 Å². The van der Waals surface area contributed by atoms with Gasteiger partial charge in [-0.15, -0.1) is 5.10 Å². The summed E-state index contributed by atoms with van der Waals surface area (Å²) in [6.45, 7) is 13.7. The molecule has 21 heavy (non-hydrogen) atoms. The summed E-state index contributed by atoms with van der Waals surface area (Å²) < 4.78 is 12.9. The molecular formula is C15H23N3O3. The molecule has 2 rings (SSSR count). The van der Waals surface area contributed by atoms with E-state index in [2.05, 4.69) is 30.7 Å². The van der Waals surface area contributed by atoms with E-state index in [1.807, 2.05) is 20.8 Å². The van der Waals surface area contributed by atoms with E-state index in [9.17, 15) is 4.79 Å². The Hall–Kier alpha value is -1.69. The highest BCUT2D eigenvalue weighted by atomic mass is 16.5. The standard InChI is InChI=1S/C15H23N3O3/c1-7-8-20-13(19)12-10(2)18(17-16-12)11-9-14(3,4)21-15(11,5)6/h7,11H,1,8-9H2,2-6H3. The second-order valence-corrected chi connectivity index (χ2v) is 6.54. The zero-order chi connectivity index (χ0) is 15.8.